The summed E-state index contributed by atoms with van der Waals surface area (Å²) in [5.41, 5.74) is 0.631. The summed E-state index contributed by atoms with van der Waals surface area (Å²) in [7, 11) is 0. The fraction of sp³-hybridized carbons (Fsp3) is 0.667. The van der Waals surface area contributed by atoms with Gasteiger partial charge in [0.2, 0.25) is 5.67 Å². The molecule has 1 rings (SSSR count). The molecule has 0 amide bonds. The first kappa shape index (κ1) is 32.7. The molecule has 0 aliphatic heterocycles. The SMILES string of the molecule is CCC(C)(F)C(=O)OCC(=O)OC(C(F)(F)F)C(F)(F)F.CCC(C)c1ccc(C(C)(C)C)cc1. The van der Waals surface area contributed by atoms with Crippen molar-refractivity contribution in [2.45, 2.75) is 96.8 Å². The van der Waals surface area contributed by atoms with Crippen LogP contribution >= 0.6 is 0 Å². The summed E-state index contributed by atoms with van der Waals surface area (Å²) < 4.78 is 92.8. The Morgan fingerprint density at radius 3 is 1.66 bits per heavy atom. The lowest BCUT2D eigenvalue weighted by molar-refractivity contribution is -0.313. The second-order valence-corrected chi connectivity index (χ2v) is 9.26. The number of esters is 2. The van der Waals surface area contributed by atoms with Crippen molar-refractivity contribution in [2.24, 2.45) is 0 Å². The Bertz CT molecular complexity index is 793. The number of hydrogen-bond acceptors (Lipinski definition) is 4. The van der Waals surface area contributed by atoms with Crippen molar-refractivity contribution in [3.8, 4) is 0 Å². The van der Waals surface area contributed by atoms with Crippen LogP contribution in [0.5, 0.6) is 0 Å². The maximum Gasteiger partial charge on any atom is 0.434 e. The molecule has 2 unspecified atom stereocenters. The summed E-state index contributed by atoms with van der Waals surface area (Å²) >= 11 is 0. The van der Waals surface area contributed by atoms with Crippen molar-refractivity contribution >= 4 is 11.9 Å². The van der Waals surface area contributed by atoms with Crippen molar-refractivity contribution < 1.29 is 49.8 Å². The van der Waals surface area contributed by atoms with Crippen LogP contribution < -0.4 is 0 Å². The minimum absolute atomic E-state index is 0.272. The van der Waals surface area contributed by atoms with E-state index in [4.69, 9.17) is 0 Å². The summed E-state index contributed by atoms with van der Waals surface area (Å²) in [5, 5.41) is 0. The summed E-state index contributed by atoms with van der Waals surface area (Å²) in [6.45, 7) is 11.7. The van der Waals surface area contributed by atoms with Gasteiger partial charge in [-0.15, -0.1) is 0 Å². The van der Waals surface area contributed by atoms with Crippen molar-refractivity contribution in [1.82, 2.24) is 0 Å². The highest BCUT2D eigenvalue weighted by Crippen LogP contribution is 2.35. The van der Waals surface area contributed by atoms with Crippen molar-refractivity contribution in [2.75, 3.05) is 6.61 Å². The van der Waals surface area contributed by atoms with Gasteiger partial charge in [-0.2, -0.15) is 26.3 Å². The molecule has 0 N–H and O–H groups in total. The molecular weight excluding hydrogens is 485 g/mol. The van der Waals surface area contributed by atoms with Crippen LogP contribution in [0.25, 0.3) is 0 Å². The van der Waals surface area contributed by atoms with Gasteiger partial charge in [0.05, 0.1) is 0 Å². The smallest absolute Gasteiger partial charge is 0.434 e. The van der Waals surface area contributed by atoms with Gasteiger partial charge in [0.15, 0.2) is 6.61 Å². The number of hydrogen-bond donors (Lipinski definition) is 0. The van der Waals surface area contributed by atoms with E-state index in [1.807, 2.05) is 0 Å². The molecule has 0 radical (unpaired) electrons. The monoisotopic (exact) mass is 518 g/mol. The predicted molar refractivity (Wildman–Crippen MR) is 117 cm³/mol. The van der Waals surface area contributed by atoms with E-state index < -0.39 is 42.7 Å². The molecule has 0 bridgehead atoms. The van der Waals surface area contributed by atoms with Gasteiger partial charge in [-0.25, -0.2) is 14.0 Å². The second kappa shape index (κ2) is 12.6. The van der Waals surface area contributed by atoms with E-state index in [1.165, 1.54) is 24.5 Å². The Labute approximate surface area is 201 Å². The van der Waals surface area contributed by atoms with Gasteiger partial charge in [-0.1, -0.05) is 65.8 Å². The number of ether oxygens (including phenoxy) is 2. The maximum absolute atomic E-state index is 13.3. The lowest BCUT2D eigenvalue weighted by Crippen LogP contribution is -2.46. The molecule has 2 atom stereocenters. The minimum Gasteiger partial charge on any atom is -0.451 e. The van der Waals surface area contributed by atoms with E-state index in [0.717, 1.165) is 6.92 Å². The molecule has 11 heteroatoms. The Morgan fingerprint density at radius 1 is 0.857 bits per heavy atom. The molecule has 0 aliphatic rings. The molecule has 202 valence electrons. The molecule has 35 heavy (non-hydrogen) atoms. The summed E-state index contributed by atoms with van der Waals surface area (Å²) in [6, 6.07) is 9.08. The predicted octanol–water partition coefficient (Wildman–Crippen LogP) is 7.20. The first-order valence-corrected chi connectivity index (χ1v) is 11.0. The maximum atomic E-state index is 13.3. The van der Waals surface area contributed by atoms with Gasteiger partial charge in [0.25, 0.3) is 6.10 Å². The van der Waals surface area contributed by atoms with Crippen LogP contribution in [0.15, 0.2) is 24.3 Å². The average molecular weight is 519 g/mol. The van der Waals surface area contributed by atoms with Gasteiger partial charge in [-0.05, 0) is 42.2 Å². The zero-order valence-electron chi connectivity index (χ0n) is 20.9. The molecular formula is C24H33F7O4. The van der Waals surface area contributed by atoms with Crippen LogP contribution in [0.4, 0.5) is 30.7 Å². The standard InChI is InChI=1S/C14H22.C10H11F7O4/c1-6-11(2)12-7-9-13(10-8-12)14(3,4)5;1-3-8(2,11)7(19)20-4-5(18)21-6(9(12,13)14)10(15,16)17/h7-11H,6H2,1-5H3;6H,3-4H2,1-2H3. The van der Waals surface area contributed by atoms with Gasteiger partial charge >= 0.3 is 24.3 Å². The Kier molecular flexibility index (Phi) is 11.7. The van der Waals surface area contributed by atoms with Gasteiger partial charge < -0.3 is 9.47 Å². The number of halogens is 7. The quantitative estimate of drug-likeness (QED) is 0.283. The minimum atomic E-state index is -5.88. The fourth-order valence-electron chi connectivity index (χ4n) is 2.45. The molecule has 1 aromatic carbocycles. The highest BCUT2D eigenvalue weighted by atomic mass is 19.4. The molecule has 4 nitrogen and oxygen atoms in total. The van der Waals surface area contributed by atoms with Gasteiger partial charge in [0.1, 0.15) is 0 Å². The van der Waals surface area contributed by atoms with Crippen molar-refractivity contribution in [1.29, 1.82) is 0 Å². The molecule has 0 heterocycles. The molecule has 0 fully saturated rings. The topological polar surface area (TPSA) is 52.6 Å². The number of rotatable bonds is 7. The third-order valence-corrected chi connectivity index (χ3v) is 5.21. The van der Waals surface area contributed by atoms with E-state index >= 15 is 0 Å². The first-order valence-electron chi connectivity index (χ1n) is 11.0. The molecule has 0 aromatic heterocycles. The van der Waals surface area contributed by atoms with Crippen molar-refractivity contribution in [3.63, 3.8) is 0 Å². The third kappa shape index (κ3) is 11.3. The average Bonchev–Trinajstić information content (AvgIpc) is 2.73. The lowest BCUT2D eigenvalue weighted by Gasteiger charge is -2.23. The van der Waals surface area contributed by atoms with E-state index in [0.29, 0.717) is 5.92 Å². The Morgan fingerprint density at radius 2 is 1.31 bits per heavy atom. The highest BCUT2D eigenvalue weighted by Gasteiger charge is 2.60. The van der Waals surface area contributed by atoms with Gasteiger partial charge in [0, 0.05) is 0 Å². The molecule has 0 spiro atoms. The number of benzene rings is 1. The Balaban J connectivity index is 0.000000712. The zero-order valence-corrected chi connectivity index (χ0v) is 20.9. The van der Waals surface area contributed by atoms with Gasteiger partial charge in [-0.3, -0.25) is 0 Å². The van der Waals surface area contributed by atoms with Crippen LogP contribution in [0.2, 0.25) is 0 Å². The van der Waals surface area contributed by atoms with Crippen LogP contribution in [-0.2, 0) is 24.5 Å². The van der Waals surface area contributed by atoms with Crippen LogP contribution in [0.3, 0.4) is 0 Å². The highest BCUT2D eigenvalue weighted by molar-refractivity contribution is 5.81. The molecule has 0 saturated heterocycles. The summed E-state index contributed by atoms with van der Waals surface area (Å²) in [5.74, 6) is -3.02. The number of carbonyl (C=O) groups is 2. The van der Waals surface area contributed by atoms with Crippen LogP contribution in [-0.4, -0.2) is 42.7 Å². The molecule has 0 aliphatic carbocycles. The Hall–Kier alpha value is -2.33. The second-order valence-electron chi connectivity index (χ2n) is 9.26. The number of alkyl halides is 7. The van der Waals surface area contributed by atoms with Crippen LogP contribution in [0.1, 0.15) is 78.4 Å². The summed E-state index contributed by atoms with van der Waals surface area (Å²) in [4.78, 5) is 21.9. The lowest BCUT2D eigenvalue weighted by atomic mass is 9.85. The van der Waals surface area contributed by atoms with E-state index in [1.54, 1.807) is 0 Å². The zero-order chi connectivity index (χ0) is 27.8. The first-order chi connectivity index (χ1) is 15.7. The van der Waals surface area contributed by atoms with E-state index in [9.17, 15) is 40.3 Å². The van der Waals surface area contributed by atoms with Crippen LogP contribution in [0, 0.1) is 0 Å². The third-order valence-electron chi connectivity index (χ3n) is 5.21. The van der Waals surface area contributed by atoms with Crippen molar-refractivity contribution in [3.05, 3.63) is 35.4 Å². The molecule has 1 aromatic rings. The van der Waals surface area contributed by atoms with E-state index in [-0.39, 0.29) is 11.8 Å². The van der Waals surface area contributed by atoms with E-state index in [2.05, 4.69) is 68.4 Å². The summed E-state index contributed by atoms with van der Waals surface area (Å²) in [6.07, 6.45) is -15.3. The molecule has 0 saturated carbocycles. The largest absolute Gasteiger partial charge is 0.451 e. The number of carbonyl (C=O) groups excluding carboxylic acids is 2. The fourth-order valence-corrected chi connectivity index (χ4v) is 2.45. The normalized spacial score (nSPS) is 14.9.